The molecule has 2 unspecified atom stereocenters. The lowest BCUT2D eigenvalue weighted by atomic mass is 10.1. The van der Waals surface area contributed by atoms with Crippen molar-refractivity contribution >= 4 is 45.4 Å². The number of rotatable bonds is 9. The maximum absolute atomic E-state index is 13.7. The van der Waals surface area contributed by atoms with E-state index < -0.39 is 0 Å². The van der Waals surface area contributed by atoms with Gasteiger partial charge >= 0.3 is 0 Å². The summed E-state index contributed by atoms with van der Waals surface area (Å²) < 4.78 is 10.2. The Labute approximate surface area is 273 Å². The number of fused-ring (bicyclic) bond motifs is 4. The summed E-state index contributed by atoms with van der Waals surface area (Å²) in [7, 11) is 3.64. The third kappa shape index (κ3) is 5.28. The molecule has 3 fully saturated rings. The average Bonchev–Trinajstić information content (AvgIpc) is 3.47. The Bertz CT molecular complexity index is 2040. The third-order valence-electron chi connectivity index (χ3n) is 10.1. The van der Waals surface area contributed by atoms with Crippen LogP contribution in [0.1, 0.15) is 48.5 Å². The number of benzene rings is 2. The summed E-state index contributed by atoms with van der Waals surface area (Å²) in [5.41, 5.74) is 12.3. The molecule has 2 saturated carbocycles. The summed E-state index contributed by atoms with van der Waals surface area (Å²) in [6.07, 6.45) is 4.46. The van der Waals surface area contributed by atoms with Crippen LogP contribution in [-0.2, 0) is 24.9 Å². The molecule has 1 aliphatic heterocycles. The number of nitrogens with two attached hydrogens (primary N) is 1. The zero-order chi connectivity index (χ0) is 32.4. The molecular formula is C36H40N8O3. The zero-order valence-electron chi connectivity index (χ0n) is 27.0. The van der Waals surface area contributed by atoms with Crippen molar-refractivity contribution in [2.45, 2.75) is 57.8 Å². The number of hydrogen-bond acceptors (Lipinski definition) is 7. The lowest BCUT2D eigenvalue weighted by Crippen LogP contribution is -2.41. The molecule has 0 spiro atoms. The minimum atomic E-state index is -0.0960. The number of nitrogens with one attached hydrogen (secondary N) is 2. The van der Waals surface area contributed by atoms with Gasteiger partial charge in [0, 0.05) is 62.3 Å². The third-order valence-corrected chi connectivity index (χ3v) is 10.1. The fraction of sp³-hybridized carbons (Fsp3) is 0.389. The molecule has 4 heterocycles. The molecule has 3 atom stereocenters. The molecule has 2 bridgehead atoms. The molecule has 1 saturated heterocycles. The van der Waals surface area contributed by atoms with Gasteiger partial charge in [0.25, 0.3) is 5.91 Å². The number of methoxy groups -OCH3 is 1. The van der Waals surface area contributed by atoms with Gasteiger partial charge in [0.2, 0.25) is 5.91 Å². The summed E-state index contributed by atoms with van der Waals surface area (Å²) in [5, 5.41) is 7.34. The second-order valence-electron chi connectivity index (χ2n) is 13.4. The van der Waals surface area contributed by atoms with Crippen molar-refractivity contribution in [2.75, 3.05) is 24.3 Å². The van der Waals surface area contributed by atoms with Gasteiger partial charge in [0.1, 0.15) is 22.7 Å². The van der Waals surface area contributed by atoms with Crippen LogP contribution in [0.5, 0.6) is 5.75 Å². The molecule has 4 N–H and O–H groups in total. The quantitative estimate of drug-likeness (QED) is 0.205. The molecule has 3 aliphatic rings. The van der Waals surface area contributed by atoms with Crippen molar-refractivity contribution in [3.63, 3.8) is 0 Å². The fourth-order valence-electron chi connectivity index (χ4n) is 7.58. The van der Waals surface area contributed by atoms with Crippen LogP contribution in [0.25, 0.3) is 33.6 Å². The van der Waals surface area contributed by atoms with Crippen LogP contribution in [0.15, 0.2) is 54.6 Å². The fourth-order valence-corrected chi connectivity index (χ4v) is 7.58. The van der Waals surface area contributed by atoms with E-state index >= 15 is 0 Å². The lowest BCUT2D eigenvalue weighted by molar-refractivity contribution is -0.114. The SMILES string of the molecule is COc1cc(C(=O)N2CC3CCC2[C@@H]3N)cc2nc(-c3cc4ccc(NCc5cccc(NC(C)=O)c5)nc4n3CC3CC3)n(C)c12. The van der Waals surface area contributed by atoms with Crippen LogP contribution in [0, 0.1) is 11.8 Å². The van der Waals surface area contributed by atoms with Crippen LogP contribution in [0.2, 0.25) is 0 Å². The van der Waals surface area contributed by atoms with Crippen molar-refractivity contribution in [1.29, 1.82) is 0 Å². The molecule has 47 heavy (non-hydrogen) atoms. The number of carbonyl (C=O) groups is 2. The Hall–Kier alpha value is -4.90. The maximum Gasteiger partial charge on any atom is 0.254 e. The van der Waals surface area contributed by atoms with Crippen LogP contribution in [-0.4, -0.2) is 61.6 Å². The predicted molar refractivity (Wildman–Crippen MR) is 182 cm³/mol. The first-order valence-corrected chi connectivity index (χ1v) is 16.5. The predicted octanol–water partition coefficient (Wildman–Crippen LogP) is 5.14. The van der Waals surface area contributed by atoms with E-state index in [-0.39, 0.29) is 23.9 Å². The number of aromatic nitrogens is 4. The number of ether oxygens (including phenoxy) is 1. The minimum Gasteiger partial charge on any atom is -0.494 e. The second kappa shape index (κ2) is 11.4. The van der Waals surface area contributed by atoms with Gasteiger partial charge in [0.15, 0.2) is 5.82 Å². The number of imidazole rings is 1. The molecule has 11 heteroatoms. The van der Waals surface area contributed by atoms with Crippen LogP contribution in [0.3, 0.4) is 0 Å². The highest BCUT2D eigenvalue weighted by atomic mass is 16.5. The summed E-state index contributed by atoms with van der Waals surface area (Å²) in [6.45, 7) is 3.65. The molecule has 11 nitrogen and oxygen atoms in total. The van der Waals surface area contributed by atoms with Gasteiger partial charge in [-0.25, -0.2) is 9.97 Å². The number of hydrogen-bond donors (Lipinski definition) is 3. The van der Waals surface area contributed by atoms with E-state index in [4.69, 9.17) is 20.4 Å². The summed E-state index contributed by atoms with van der Waals surface area (Å²) in [4.78, 5) is 37.4. The van der Waals surface area contributed by atoms with E-state index in [0.717, 1.165) is 70.0 Å². The minimum absolute atomic E-state index is 0.00558. The highest BCUT2D eigenvalue weighted by Crippen LogP contribution is 2.40. The summed E-state index contributed by atoms with van der Waals surface area (Å²) >= 11 is 0. The summed E-state index contributed by atoms with van der Waals surface area (Å²) in [6, 6.07) is 18.0. The van der Waals surface area contributed by atoms with Crippen molar-refractivity contribution < 1.29 is 14.3 Å². The van der Waals surface area contributed by atoms with E-state index in [0.29, 0.717) is 36.2 Å². The Balaban J connectivity index is 1.14. The lowest BCUT2D eigenvalue weighted by Gasteiger charge is -2.27. The highest BCUT2D eigenvalue weighted by molar-refractivity contribution is 6.00. The number of amides is 2. The molecule has 8 rings (SSSR count). The number of pyridine rings is 1. The average molecular weight is 633 g/mol. The van der Waals surface area contributed by atoms with Crippen LogP contribution >= 0.6 is 0 Å². The number of piperidine rings is 1. The van der Waals surface area contributed by atoms with Crippen molar-refractivity contribution in [3.05, 3.63) is 65.7 Å². The molecular weight excluding hydrogens is 592 g/mol. The van der Waals surface area contributed by atoms with E-state index in [2.05, 4.69) is 31.9 Å². The van der Waals surface area contributed by atoms with Gasteiger partial charge in [-0.1, -0.05) is 12.1 Å². The molecule has 3 aromatic heterocycles. The van der Waals surface area contributed by atoms with Crippen molar-refractivity contribution in [2.24, 2.45) is 24.6 Å². The standard InChI is InChI=1S/C36H40N8O3/c1-20(45)39-26-6-4-5-22(13-26)17-38-31-12-10-23-15-29(43(34(23)41-31)18-21-7-8-21)35-40-27-14-25(16-30(47-3)33(27)42(35)2)36(46)44-19-24-9-11-28(44)32(24)37/h4-6,10,12-16,21,24,28,32H,7-9,11,17-19,37H2,1-3H3,(H,38,41)(H,39,45)/t24?,28?,32-/m1/s1. The molecule has 242 valence electrons. The first-order chi connectivity index (χ1) is 22.8. The topological polar surface area (TPSA) is 132 Å². The number of carbonyl (C=O) groups excluding carboxylic acids is 2. The Morgan fingerprint density at radius 1 is 1.04 bits per heavy atom. The number of nitrogens with zero attached hydrogens (tertiary/aromatic N) is 5. The maximum atomic E-state index is 13.7. The van der Waals surface area contributed by atoms with Crippen LogP contribution in [0.4, 0.5) is 11.5 Å². The Kier molecular flexibility index (Phi) is 7.16. The molecule has 2 aromatic carbocycles. The van der Waals surface area contributed by atoms with Gasteiger partial charge in [-0.3, -0.25) is 9.59 Å². The molecule has 5 aromatic rings. The van der Waals surface area contributed by atoms with Gasteiger partial charge in [-0.2, -0.15) is 0 Å². The normalized spacial score (nSPS) is 20.3. The highest BCUT2D eigenvalue weighted by Gasteiger charge is 2.47. The zero-order valence-corrected chi connectivity index (χ0v) is 27.0. The van der Waals surface area contributed by atoms with Crippen molar-refractivity contribution in [3.8, 4) is 17.3 Å². The number of anilines is 2. The Morgan fingerprint density at radius 3 is 2.62 bits per heavy atom. The molecule has 2 aliphatic carbocycles. The number of aryl methyl sites for hydroxylation is 1. The molecule has 0 radical (unpaired) electrons. The smallest absolute Gasteiger partial charge is 0.254 e. The van der Waals surface area contributed by atoms with Crippen LogP contribution < -0.4 is 21.1 Å². The molecule has 2 amide bonds. The van der Waals surface area contributed by atoms with Gasteiger partial charge < -0.3 is 35.1 Å². The first kappa shape index (κ1) is 29.5. The second-order valence-corrected chi connectivity index (χ2v) is 13.4. The largest absolute Gasteiger partial charge is 0.494 e. The van der Waals surface area contributed by atoms with E-state index in [1.165, 1.54) is 19.8 Å². The van der Waals surface area contributed by atoms with Gasteiger partial charge in [0.05, 0.1) is 18.3 Å². The first-order valence-electron chi connectivity index (χ1n) is 16.5. The summed E-state index contributed by atoms with van der Waals surface area (Å²) in [5.74, 6) is 3.08. The van der Waals surface area contributed by atoms with E-state index in [1.807, 2.05) is 54.4 Å². The van der Waals surface area contributed by atoms with E-state index in [9.17, 15) is 9.59 Å². The van der Waals surface area contributed by atoms with Gasteiger partial charge in [-0.15, -0.1) is 0 Å². The van der Waals surface area contributed by atoms with E-state index in [1.54, 1.807) is 7.11 Å². The van der Waals surface area contributed by atoms with Gasteiger partial charge in [-0.05, 0) is 85.5 Å². The number of likely N-dealkylation sites (tertiary alicyclic amines) is 1. The van der Waals surface area contributed by atoms with Crippen molar-refractivity contribution in [1.82, 2.24) is 24.0 Å². The monoisotopic (exact) mass is 632 g/mol. The Morgan fingerprint density at radius 2 is 1.89 bits per heavy atom.